The minimum Gasteiger partial charge on any atom is -0.462 e. The Morgan fingerprint density at radius 1 is 1.20 bits per heavy atom. The molecule has 0 aliphatic rings. The molecule has 0 spiro atoms. The van der Waals surface area contributed by atoms with Crippen LogP contribution < -0.4 is 5.43 Å². The number of aromatic nitrogens is 2. The van der Waals surface area contributed by atoms with E-state index in [1.54, 1.807) is 49.4 Å². The number of carbonyl (C=O) groups excluding carboxylic acids is 2. The van der Waals surface area contributed by atoms with Gasteiger partial charge in [-0.25, -0.2) is 10.2 Å². The number of nitrogens with one attached hydrogen (secondary N) is 2. The number of amides is 1. The molecular formula is C22H24N4O4. The quantitative estimate of drug-likeness (QED) is 0.365. The Kier molecular flexibility index (Phi) is 6.15. The van der Waals surface area contributed by atoms with E-state index in [4.69, 9.17) is 9.15 Å². The monoisotopic (exact) mass is 408 g/mol. The van der Waals surface area contributed by atoms with Crippen molar-refractivity contribution in [1.82, 2.24) is 15.6 Å². The van der Waals surface area contributed by atoms with Gasteiger partial charge in [-0.15, -0.1) is 0 Å². The van der Waals surface area contributed by atoms with Gasteiger partial charge >= 0.3 is 5.97 Å². The highest BCUT2D eigenvalue weighted by atomic mass is 16.5. The van der Waals surface area contributed by atoms with Gasteiger partial charge in [-0.1, -0.05) is 32.9 Å². The van der Waals surface area contributed by atoms with Gasteiger partial charge in [0.25, 0.3) is 5.91 Å². The van der Waals surface area contributed by atoms with Gasteiger partial charge in [0.1, 0.15) is 11.5 Å². The highest BCUT2D eigenvalue weighted by molar-refractivity contribution is 5.93. The molecule has 0 aliphatic carbocycles. The molecule has 2 heterocycles. The molecule has 8 heteroatoms. The third-order valence-electron chi connectivity index (χ3n) is 4.28. The summed E-state index contributed by atoms with van der Waals surface area (Å²) in [6.07, 6.45) is 1.41. The molecule has 0 saturated heterocycles. The zero-order chi connectivity index (χ0) is 21.7. The number of esters is 1. The summed E-state index contributed by atoms with van der Waals surface area (Å²) in [6.45, 7) is 8.17. The number of hydrazone groups is 1. The number of hydrogen-bond acceptors (Lipinski definition) is 6. The fraction of sp³-hybridized carbons (Fsp3) is 0.273. The summed E-state index contributed by atoms with van der Waals surface area (Å²) in [5.74, 6) is 0.301. The predicted octanol–water partition coefficient (Wildman–Crippen LogP) is 3.91. The fourth-order valence-corrected chi connectivity index (χ4v) is 2.60. The topological polar surface area (TPSA) is 110 Å². The summed E-state index contributed by atoms with van der Waals surface area (Å²) in [5.41, 5.74) is 4.70. The molecule has 0 atom stereocenters. The van der Waals surface area contributed by atoms with Crippen molar-refractivity contribution in [2.24, 2.45) is 5.10 Å². The minimum atomic E-state index is -0.417. The molecule has 30 heavy (non-hydrogen) atoms. The Labute approximate surface area is 174 Å². The van der Waals surface area contributed by atoms with E-state index in [2.05, 4.69) is 20.7 Å². The average molecular weight is 408 g/mol. The van der Waals surface area contributed by atoms with Gasteiger partial charge in [-0.05, 0) is 37.3 Å². The lowest BCUT2D eigenvalue weighted by Gasteiger charge is -2.14. The second kappa shape index (κ2) is 8.77. The number of hydrogen-bond donors (Lipinski definition) is 2. The molecule has 1 amide bonds. The molecule has 0 aliphatic heterocycles. The van der Waals surface area contributed by atoms with E-state index in [0.717, 1.165) is 11.3 Å². The first-order chi connectivity index (χ1) is 14.3. The molecule has 1 aromatic carbocycles. The van der Waals surface area contributed by atoms with Gasteiger partial charge in [0.15, 0.2) is 5.69 Å². The zero-order valence-corrected chi connectivity index (χ0v) is 17.4. The van der Waals surface area contributed by atoms with Gasteiger partial charge in [-0.2, -0.15) is 10.2 Å². The van der Waals surface area contributed by atoms with Crippen LogP contribution in [0.1, 0.15) is 60.0 Å². The van der Waals surface area contributed by atoms with Crippen LogP contribution in [0.2, 0.25) is 0 Å². The lowest BCUT2D eigenvalue weighted by atomic mass is 9.92. The highest BCUT2D eigenvalue weighted by Crippen LogP contribution is 2.22. The normalized spacial score (nSPS) is 11.6. The summed E-state index contributed by atoms with van der Waals surface area (Å²) in [7, 11) is 0. The van der Waals surface area contributed by atoms with Crippen LogP contribution in [0.15, 0.2) is 52.0 Å². The van der Waals surface area contributed by atoms with Crippen LogP contribution in [-0.2, 0) is 10.2 Å². The van der Waals surface area contributed by atoms with E-state index in [-0.39, 0.29) is 17.1 Å². The molecule has 2 N–H and O–H groups in total. The molecule has 0 saturated carbocycles. The molecule has 8 nitrogen and oxygen atoms in total. The van der Waals surface area contributed by atoms with E-state index in [0.29, 0.717) is 23.7 Å². The van der Waals surface area contributed by atoms with Crippen molar-refractivity contribution in [2.45, 2.75) is 33.1 Å². The Morgan fingerprint density at radius 3 is 2.57 bits per heavy atom. The largest absolute Gasteiger partial charge is 0.462 e. The van der Waals surface area contributed by atoms with Crippen molar-refractivity contribution in [1.29, 1.82) is 0 Å². The van der Waals surface area contributed by atoms with Crippen LogP contribution in [0.25, 0.3) is 11.3 Å². The Morgan fingerprint density at radius 2 is 1.93 bits per heavy atom. The lowest BCUT2D eigenvalue weighted by molar-refractivity contribution is 0.0526. The van der Waals surface area contributed by atoms with Crippen molar-refractivity contribution < 1.29 is 18.7 Å². The van der Waals surface area contributed by atoms with E-state index in [1.807, 2.05) is 20.8 Å². The second-order valence-electron chi connectivity index (χ2n) is 7.62. The van der Waals surface area contributed by atoms with Crippen molar-refractivity contribution >= 4 is 18.1 Å². The zero-order valence-electron chi connectivity index (χ0n) is 17.4. The van der Waals surface area contributed by atoms with Gasteiger partial charge in [-0.3, -0.25) is 9.89 Å². The van der Waals surface area contributed by atoms with Crippen molar-refractivity contribution in [3.05, 3.63) is 65.2 Å². The molecule has 3 aromatic rings. The summed E-state index contributed by atoms with van der Waals surface area (Å²) in [5, 5.41) is 10.8. The van der Waals surface area contributed by atoms with Crippen molar-refractivity contribution in [3.8, 4) is 11.3 Å². The van der Waals surface area contributed by atoms with Gasteiger partial charge < -0.3 is 9.15 Å². The second-order valence-corrected chi connectivity index (χ2v) is 7.62. The average Bonchev–Trinajstić information content (AvgIpc) is 3.38. The smallest absolute Gasteiger partial charge is 0.338 e. The van der Waals surface area contributed by atoms with E-state index in [9.17, 15) is 9.59 Å². The number of rotatable bonds is 6. The summed E-state index contributed by atoms with van der Waals surface area (Å²) < 4.78 is 10.7. The van der Waals surface area contributed by atoms with Gasteiger partial charge in [0, 0.05) is 16.7 Å². The van der Waals surface area contributed by atoms with Gasteiger partial charge in [0.05, 0.1) is 18.4 Å². The van der Waals surface area contributed by atoms with E-state index < -0.39 is 5.91 Å². The highest BCUT2D eigenvalue weighted by Gasteiger charge is 2.19. The third kappa shape index (κ3) is 5.02. The molecule has 2 aromatic heterocycles. The molecule has 0 unspecified atom stereocenters. The first-order valence-corrected chi connectivity index (χ1v) is 9.54. The first-order valence-electron chi connectivity index (χ1n) is 9.54. The first kappa shape index (κ1) is 21.0. The van der Waals surface area contributed by atoms with Crippen LogP contribution in [0.5, 0.6) is 0 Å². The Hall–Kier alpha value is -3.68. The number of furan rings is 1. The SMILES string of the molecule is CCOC(=O)c1ccc(-c2ccc(C=NNC(=O)c3cc(C(C)(C)C)[nH]n3)o2)cc1. The molecule has 3 rings (SSSR count). The fourth-order valence-electron chi connectivity index (χ4n) is 2.60. The summed E-state index contributed by atoms with van der Waals surface area (Å²) in [4.78, 5) is 23.9. The van der Waals surface area contributed by atoms with E-state index in [1.165, 1.54) is 6.21 Å². The standard InChI is InChI=1S/C22H24N4O4/c1-5-29-21(28)15-8-6-14(7-9-15)18-11-10-16(30-18)13-23-26-20(27)17-12-19(25-24-17)22(2,3)4/h6-13H,5H2,1-4H3,(H,24,25)(H,26,27). The maximum absolute atomic E-state index is 12.2. The molecule has 0 radical (unpaired) electrons. The summed E-state index contributed by atoms with van der Waals surface area (Å²) >= 11 is 0. The number of carbonyl (C=O) groups is 2. The summed E-state index contributed by atoms with van der Waals surface area (Å²) in [6, 6.07) is 12.1. The molecular weight excluding hydrogens is 384 g/mol. The Bertz CT molecular complexity index is 1060. The maximum Gasteiger partial charge on any atom is 0.338 e. The van der Waals surface area contributed by atoms with Crippen LogP contribution >= 0.6 is 0 Å². The minimum absolute atomic E-state index is 0.131. The number of benzene rings is 1. The molecule has 156 valence electrons. The van der Waals surface area contributed by atoms with Crippen molar-refractivity contribution in [2.75, 3.05) is 6.61 Å². The number of ether oxygens (including phenoxy) is 1. The van der Waals surface area contributed by atoms with Crippen LogP contribution in [0.3, 0.4) is 0 Å². The maximum atomic E-state index is 12.2. The third-order valence-corrected chi connectivity index (χ3v) is 4.28. The van der Waals surface area contributed by atoms with E-state index >= 15 is 0 Å². The van der Waals surface area contributed by atoms with Crippen LogP contribution in [-0.4, -0.2) is 34.9 Å². The molecule has 0 fully saturated rings. The number of aromatic amines is 1. The Balaban J connectivity index is 1.61. The predicted molar refractivity (Wildman–Crippen MR) is 112 cm³/mol. The van der Waals surface area contributed by atoms with Crippen LogP contribution in [0, 0.1) is 0 Å². The molecule has 0 bridgehead atoms. The lowest BCUT2D eigenvalue weighted by Crippen LogP contribution is -2.18. The number of nitrogens with zero attached hydrogens (tertiary/aromatic N) is 2. The number of H-pyrrole nitrogens is 1. The van der Waals surface area contributed by atoms with Crippen LogP contribution in [0.4, 0.5) is 0 Å². The van der Waals surface area contributed by atoms with Crippen molar-refractivity contribution in [3.63, 3.8) is 0 Å². The van der Waals surface area contributed by atoms with Gasteiger partial charge in [0.2, 0.25) is 0 Å².